The Kier molecular flexibility index (Phi) is 18.4. The second-order valence-corrected chi connectivity index (χ2v) is 18.2. The molecule has 2 amide bonds. The number of unbranched alkanes of at least 4 members (excludes halogenated alkanes) is 1. The van der Waals surface area contributed by atoms with E-state index in [1.165, 1.54) is 13.8 Å². The average Bonchev–Trinajstić information content (AvgIpc) is 3.68. The van der Waals surface area contributed by atoms with E-state index in [9.17, 15) is 57.9 Å². The van der Waals surface area contributed by atoms with Crippen LogP contribution in [-0.2, 0) is 50.7 Å². The Morgan fingerprint density at radius 1 is 1.07 bits per heavy atom. The number of hydrogen-bond acceptors (Lipinski definition) is 22. The summed E-state index contributed by atoms with van der Waals surface area (Å²) < 4.78 is 60.5. The molecule has 2 aromatic rings. The second-order valence-electron chi connectivity index (χ2n) is 13.0. The average molecular weight is 888 g/mol. The summed E-state index contributed by atoms with van der Waals surface area (Å²) in [6, 6.07) is 0. The van der Waals surface area contributed by atoms with Crippen molar-refractivity contribution in [3.63, 3.8) is 0 Å². The molecule has 1 aliphatic rings. The van der Waals surface area contributed by atoms with E-state index >= 15 is 0 Å². The Hall–Kier alpha value is -2.70. The van der Waals surface area contributed by atoms with E-state index in [0.717, 1.165) is 48.2 Å². The zero-order valence-electron chi connectivity index (χ0n) is 30.9. The summed E-state index contributed by atoms with van der Waals surface area (Å²) in [7, 11) is -17.6. The molecule has 0 radical (unpaired) electrons. The van der Waals surface area contributed by atoms with Gasteiger partial charge in [0.25, 0.3) is 15.6 Å². The van der Waals surface area contributed by atoms with Crippen molar-refractivity contribution in [3.8, 4) is 0 Å². The van der Waals surface area contributed by atoms with Gasteiger partial charge in [-0.3, -0.25) is 28.1 Å². The molecule has 322 valence electrons. The summed E-state index contributed by atoms with van der Waals surface area (Å²) in [6.07, 6.45) is -0.630. The number of carbonyl (C=O) groups is 3. The normalized spacial score (nSPS) is 21.6. The smallest absolute Gasteiger partial charge is 0.274 e. The summed E-state index contributed by atoms with van der Waals surface area (Å²) in [5, 5.41) is 26.2. The molecule has 0 bridgehead atoms. The van der Waals surface area contributed by atoms with Crippen LogP contribution in [-0.4, -0.2) is 103 Å². The molecule has 1 fully saturated rings. The first-order valence-corrected chi connectivity index (χ1v) is 22.5. The number of ether oxygens (including phenoxy) is 1. The van der Waals surface area contributed by atoms with E-state index in [2.05, 4.69) is 43.5 Å². The first-order valence-electron chi connectivity index (χ1n) is 17.2. The number of nitrogens with one attached hydrogen (secondary N) is 2. The van der Waals surface area contributed by atoms with Crippen molar-refractivity contribution >= 4 is 69.1 Å². The molecule has 28 heteroatoms. The monoisotopic (exact) mass is 887 g/mol. The summed E-state index contributed by atoms with van der Waals surface area (Å²) in [6.45, 7) is 2.15. The Morgan fingerprint density at radius 3 is 2.46 bits per heavy atom. The third-order valence-corrected chi connectivity index (χ3v) is 11.8. The van der Waals surface area contributed by atoms with Gasteiger partial charge in [-0.05, 0) is 19.3 Å². The van der Waals surface area contributed by atoms with Crippen LogP contribution in [0.5, 0.6) is 0 Å². The molecule has 2 aromatic heterocycles. The number of allylic oxidation sites excluding steroid dienone is 2. The Bertz CT molecular complexity index is 1860. The molecule has 0 spiro atoms. The van der Waals surface area contributed by atoms with Crippen molar-refractivity contribution in [1.82, 2.24) is 30.2 Å². The maximum atomic E-state index is 12.5. The molecule has 57 heavy (non-hydrogen) atoms. The molecule has 3 heterocycles. The third kappa shape index (κ3) is 15.8. The maximum Gasteiger partial charge on any atom is 0.274 e. The molecule has 24 nitrogen and oxygen atoms in total. The number of anilines is 1. The van der Waals surface area contributed by atoms with Crippen LogP contribution in [0.15, 0.2) is 24.8 Å². The van der Waals surface area contributed by atoms with Gasteiger partial charge < -0.3 is 69.0 Å². The lowest BCUT2D eigenvalue weighted by atomic mass is 9.87. The molecule has 0 aliphatic carbocycles. The third-order valence-electron chi connectivity index (χ3n) is 7.89. The highest BCUT2D eigenvalue weighted by Gasteiger charge is 2.47. The van der Waals surface area contributed by atoms with Crippen LogP contribution in [0.1, 0.15) is 59.1 Å². The van der Waals surface area contributed by atoms with Crippen LogP contribution in [0, 0.1) is 5.41 Å². The van der Waals surface area contributed by atoms with Gasteiger partial charge in [0, 0.05) is 37.1 Å². The quantitative estimate of drug-likeness (QED) is 0.0444. The number of amides is 2. The van der Waals surface area contributed by atoms with E-state index in [-0.39, 0.29) is 41.6 Å². The number of rotatable bonds is 24. The van der Waals surface area contributed by atoms with E-state index in [0.29, 0.717) is 12.2 Å². The zero-order chi connectivity index (χ0) is 42.6. The fourth-order valence-corrected chi connectivity index (χ4v) is 8.45. The van der Waals surface area contributed by atoms with Gasteiger partial charge >= 0.3 is 0 Å². The number of imidazole rings is 1. The van der Waals surface area contributed by atoms with Crippen molar-refractivity contribution in [2.24, 2.45) is 5.41 Å². The van der Waals surface area contributed by atoms with Crippen molar-refractivity contribution < 1.29 is 80.5 Å². The number of aliphatic hydroxyl groups excluding tert-OH is 2. The van der Waals surface area contributed by atoms with Gasteiger partial charge in [-0.1, -0.05) is 44.7 Å². The molecule has 2 unspecified atom stereocenters. The number of nitrogens with zero attached hydrogens (tertiary/aromatic N) is 4. The van der Waals surface area contributed by atoms with Crippen molar-refractivity contribution in [3.05, 3.63) is 24.8 Å². The van der Waals surface area contributed by atoms with Crippen LogP contribution >= 0.6 is 35.2 Å². The molecular weight excluding hydrogens is 843 g/mol. The maximum absolute atomic E-state index is 12.5. The Balaban J connectivity index is 1.46. The SMILES string of the molecule is CC/C=C\CCCC(=O)SCCNC(=O)CCNC(=O)[C@H](O)C(C)(C)COP(=O)([O-])OP(=O)([O-])OC[C@H]1O[C@@H](n2cnc3c(N)ncnc32)[C@H](O)[C@@H]1OP(=O)([O-])[O-]. The van der Waals surface area contributed by atoms with E-state index in [1.54, 1.807) is 0 Å². The van der Waals surface area contributed by atoms with Crippen LogP contribution in [0.25, 0.3) is 11.2 Å². The van der Waals surface area contributed by atoms with Gasteiger partial charge in [-0.15, -0.1) is 0 Å². The minimum atomic E-state index is -5.91. The molecule has 0 saturated carbocycles. The highest BCUT2D eigenvalue weighted by Crippen LogP contribution is 2.56. The minimum absolute atomic E-state index is 0.00905. The first kappa shape index (κ1) is 48.7. The molecule has 0 aromatic carbocycles. The zero-order valence-corrected chi connectivity index (χ0v) is 34.4. The summed E-state index contributed by atoms with van der Waals surface area (Å²) in [4.78, 5) is 96.0. The molecule has 7 atom stereocenters. The number of fused-ring (bicyclic) bond motifs is 1. The highest BCUT2D eigenvalue weighted by molar-refractivity contribution is 8.13. The topological polar surface area (TPSA) is 375 Å². The minimum Gasteiger partial charge on any atom is -0.790 e. The lowest BCUT2D eigenvalue weighted by Gasteiger charge is -2.36. The number of nitrogens with two attached hydrogens (primary N) is 1. The number of nitrogen functional groups attached to an aromatic ring is 1. The largest absolute Gasteiger partial charge is 0.790 e. The van der Waals surface area contributed by atoms with Crippen molar-refractivity contribution in [2.75, 3.05) is 37.8 Å². The lowest BCUT2D eigenvalue weighted by Crippen LogP contribution is -2.46. The van der Waals surface area contributed by atoms with Crippen molar-refractivity contribution in [2.45, 2.75) is 83.5 Å². The first-order chi connectivity index (χ1) is 26.6. The fourth-order valence-electron chi connectivity index (χ4n) is 4.99. The fraction of sp³-hybridized carbons (Fsp3) is 0.655. The van der Waals surface area contributed by atoms with Crippen LogP contribution < -0.4 is 35.9 Å². The molecule has 1 aliphatic heterocycles. The van der Waals surface area contributed by atoms with Gasteiger partial charge in [-0.25, -0.2) is 19.3 Å². The predicted molar refractivity (Wildman–Crippen MR) is 192 cm³/mol. The summed E-state index contributed by atoms with van der Waals surface area (Å²) in [5.74, 6) is -1.17. The van der Waals surface area contributed by atoms with E-state index in [4.69, 9.17) is 10.5 Å². The number of aromatic nitrogens is 4. The number of phosphoric acid groups is 3. The molecule has 3 rings (SSSR count). The van der Waals surface area contributed by atoms with Gasteiger partial charge in [-0.2, -0.15) is 0 Å². The molecule has 6 N–H and O–H groups in total. The lowest BCUT2D eigenvalue weighted by molar-refractivity contribution is -0.347. The summed E-state index contributed by atoms with van der Waals surface area (Å²) in [5.41, 5.74) is 4.07. The van der Waals surface area contributed by atoms with Crippen LogP contribution in [0.3, 0.4) is 0 Å². The number of aliphatic hydroxyl groups is 2. The van der Waals surface area contributed by atoms with Crippen LogP contribution in [0.4, 0.5) is 5.82 Å². The number of phosphoric ester groups is 3. The Morgan fingerprint density at radius 2 is 1.77 bits per heavy atom. The van der Waals surface area contributed by atoms with E-state index < -0.39 is 84.6 Å². The number of carbonyl (C=O) groups excluding carboxylic acids is 3. The molecular formula is C29H44N7O17P3S-4. The summed E-state index contributed by atoms with van der Waals surface area (Å²) >= 11 is 1.10. The number of hydrogen-bond donors (Lipinski definition) is 5. The standard InChI is InChI=1S/C29H48N7O17P3S/c1-4-5-6-7-8-9-20(38)57-13-12-31-19(37)10-11-32-27(41)24(40)29(2,3)15-50-56(47,48)53-55(45,46)49-14-18-23(52-54(42,43)44)22(39)28(51-18)36-17-35-21-25(30)33-16-34-26(21)36/h5-6,16-18,22-24,28,39-40H,4,7-15H2,1-3H3,(H,31,37)(H,32,41)(H,45,46)(H,47,48)(H2,30,33,34)(H2,42,43,44)/p-4/b6-5-/t18-,22-,23-,24+,28-/m1/s1. The van der Waals surface area contributed by atoms with Crippen LogP contribution in [0.2, 0.25) is 0 Å². The van der Waals surface area contributed by atoms with Gasteiger partial charge in [0.05, 0.1) is 27.4 Å². The van der Waals surface area contributed by atoms with Gasteiger partial charge in [0.15, 0.2) is 22.8 Å². The van der Waals surface area contributed by atoms with Gasteiger partial charge in [0.1, 0.15) is 36.3 Å². The molecule has 1 saturated heterocycles. The van der Waals surface area contributed by atoms with E-state index in [1.807, 2.05) is 19.1 Å². The van der Waals surface area contributed by atoms with Gasteiger partial charge in [0.2, 0.25) is 11.8 Å². The van der Waals surface area contributed by atoms with Crippen molar-refractivity contribution in [1.29, 1.82) is 0 Å². The highest BCUT2D eigenvalue weighted by atomic mass is 32.2. The Labute approximate surface area is 330 Å². The predicted octanol–water partition coefficient (Wildman–Crippen LogP) is -1.73. The second kappa shape index (κ2) is 21.5. The number of thioether (sulfide) groups is 1.